The number of nitrogens with zero attached hydrogens (tertiary/aromatic N) is 1. The Balaban J connectivity index is 1.72. The van der Waals surface area contributed by atoms with Crippen molar-refractivity contribution in [1.82, 2.24) is 4.90 Å². The van der Waals surface area contributed by atoms with Crippen LogP contribution in [0, 0.1) is 0 Å². The zero-order chi connectivity index (χ0) is 8.39. The van der Waals surface area contributed by atoms with Crippen molar-refractivity contribution in [2.45, 2.75) is 44.2 Å². The zero-order valence-electron chi connectivity index (χ0n) is 7.96. The van der Waals surface area contributed by atoms with Gasteiger partial charge in [0.15, 0.2) is 0 Å². The standard InChI is InChI=1S/C10H19NO/c1-11(7-10-8-12-10)9-5-3-2-4-6-9/h9-10H,2-8H2,1H3. The SMILES string of the molecule is CN(CC1CO1)C1CCCCC1. The van der Waals surface area contributed by atoms with Crippen molar-refractivity contribution in [3.05, 3.63) is 0 Å². The molecule has 2 nitrogen and oxygen atoms in total. The fraction of sp³-hybridized carbons (Fsp3) is 1.00. The highest BCUT2D eigenvalue weighted by atomic mass is 16.6. The molecule has 1 saturated heterocycles. The molecule has 1 aliphatic carbocycles. The average molecular weight is 169 g/mol. The second-order valence-electron chi connectivity index (χ2n) is 4.19. The van der Waals surface area contributed by atoms with Crippen LogP contribution < -0.4 is 0 Å². The molecule has 2 aliphatic rings. The highest BCUT2D eigenvalue weighted by Crippen LogP contribution is 2.23. The molecular weight excluding hydrogens is 150 g/mol. The van der Waals surface area contributed by atoms with E-state index in [4.69, 9.17) is 4.74 Å². The van der Waals surface area contributed by atoms with Gasteiger partial charge in [0.25, 0.3) is 0 Å². The fourth-order valence-electron chi connectivity index (χ4n) is 2.17. The Morgan fingerprint density at radius 3 is 2.50 bits per heavy atom. The number of hydrogen-bond donors (Lipinski definition) is 0. The number of epoxide rings is 1. The lowest BCUT2D eigenvalue weighted by molar-refractivity contribution is 0.177. The first-order valence-corrected chi connectivity index (χ1v) is 5.18. The maximum Gasteiger partial charge on any atom is 0.0936 e. The molecule has 0 spiro atoms. The van der Waals surface area contributed by atoms with Crippen molar-refractivity contribution < 1.29 is 4.74 Å². The van der Waals surface area contributed by atoms with Crippen LogP contribution in [-0.2, 0) is 4.74 Å². The summed E-state index contributed by atoms with van der Waals surface area (Å²) in [5.41, 5.74) is 0. The first-order chi connectivity index (χ1) is 5.86. The molecule has 0 N–H and O–H groups in total. The lowest BCUT2D eigenvalue weighted by Gasteiger charge is -2.30. The Morgan fingerprint density at radius 2 is 1.92 bits per heavy atom. The van der Waals surface area contributed by atoms with Crippen LogP contribution in [0.2, 0.25) is 0 Å². The molecule has 12 heavy (non-hydrogen) atoms. The van der Waals surface area contributed by atoms with E-state index in [1.54, 1.807) is 0 Å². The Hall–Kier alpha value is -0.0800. The van der Waals surface area contributed by atoms with E-state index in [1.165, 1.54) is 32.1 Å². The molecule has 1 heterocycles. The Kier molecular flexibility index (Phi) is 2.66. The molecule has 1 unspecified atom stereocenters. The largest absolute Gasteiger partial charge is 0.372 e. The Bertz CT molecular complexity index is 139. The molecule has 0 aromatic carbocycles. The monoisotopic (exact) mass is 169 g/mol. The van der Waals surface area contributed by atoms with Crippen LogP contribution in [0.15, 0.2) is 0 Å². The Morgan fingerprint density at radius 1 is 1.25 bits per heavy atom. The average Bonchev–Trinajstić information content (AvgIpc) is 2.90. The van der Waals surface area contributed by atoms with Crippen molar-refractivity contribution in [3.63, 3.8) is 0 Å². The normalized spacial score (nSPS) is 31.0. The third-order valence-corrected chi connectivity index (χ3v) is 3.09. The van der Waals surface area contributed by atoms with Gasteiger partial charge < -0.3 is 9.64 Å². The number of hydrogen-bond acceptors (Lipinski definition) is 2. The summed E-state index contributed by atoms with van der Waals surface area (Å²) in [6.45, 7) is 2.15. The van der Waals surface area contributed by atoms with Crippen LogP contribution in [0.3, 0.4) is 0 Å². The van der Waals surface area contributed by atoms with Crippen LogP contribution >= 0.6 is 0 Å². The van der Waals surface area contributed by atoms with E-state index < -0.39 is 0 Å². The quantitative estimate of drug-likeness (QED) is 0.597. The predicted octanol–water partition coefficient (Wildman–Crippen LogP) is 1.65. The zero-order valence-corrected chi connectivity index (χ0v) is 7.96. The first-order valence-electron chi connectivity index (χ1n) is 5.18. The molecule has 0 aromatic rings. The fourth-order valence-corrected chi connectivity index (χ4v) is 2.17. The van der Waals surface area contributed by atoms with E-state index in [9.17, 15) is 0 Å². The van der Waals surface area contributed by atoms with Crippen LogP contribution in [0.5, 0.6) is 0 Å². The van der Waals surface area contributed by atoms with Gasteiger partial charge >= 0.3 is 0 Å². The van der Waals surface area contributed by atoms with Gasteiger partial charge in [0.1, 0.15) is 0 Å². The smallest absolute Gasteiger partial charge is 0.0936 e. The molecule has 2 fully saturated rings. The molecular formula is C10H19NO. The summed E-state index contributed by atoms with van der Waals surface area (Å²) in [4.78, 5) is 2.50. The van der Waals surface area contributed by atoms with Crippen molar-refractivity contribution in [2.24, 2.45) is 0 Å². The molecule has 1 aliphatic heterocycles. The van der Waals surface area contributed by atoms with Gasteiger partial charge in [-0.1, -0.05) is 19.3 Å². The van der Waals surface area contributed by atoms with Gasteiger partial charge in [-0.05, 0) is 19.9 Å². The lowest BCUT2D eigenvalue weighted by atomic mass is 9.94. The molecule has 0 bridgehead atoms. The van der Waals surface area contributed by atoms with Crippen LogP contribution in [0.25, 0.3) is 0 Å². The number of ether oxygens (including phenoxy) is 1. The van der Waals surface area contributed by atoms with Gasteiger partial charge in [0, 0.05) is 12.6 Å². The molecule has 2 rings (SSSR count). The van der Waals surface area contributed by atoms with Gasteiger partial charge in [0.05, 0.1) is 12.7 Å². The summed E-state index contributed by atoms with van der Waals surface area (Å²) >= 11 is 0. The molecule has 70 valence electrons. The van der Waals surface area contributed by atoms with Gasteiger partial charge in [-0.25, -0.2) is 0 Å². The summed E-state index contributed by atoms with van der Waals surface area (Å²) in [5, 5.41) is 0. The molecule has 0 amide bonds. The first kappa shape index (κ1) is 8.52. The van der Waals surface area contributed by atoms with E-state index in [0.717, 1.165) is 19.2 Å². The molecule has 2 heteroatoms. The molecule has 1 saturated carbocycles. The van der Waals surface area contributed by atoms with Gasteiger partial charge in [-0.3, -0.25) is 0 Å². The summed E-state index contributed by atoms with van der Waals surface area (Å²) in [7, 11) is 2.25. The minimum Gasteiger partial charge on any atom is -0.372 e. The summed E-state index contributed by atoms with van der Waals surface area (Å²) in [6.07, 6.45) is 7.69. The topological polar surface area (TPSA) is 15.8 Å². The van der Waals surface area contributed by atoms with Gasteiger partial charge in [-0.2, -0.15) is 0 Å². The van der Waals surface area contributed by atoms with E-state index in [-0.39, 0.29) is 0 Å². The lowest BCUT2D eigenvalue weighted by Crippen LogP contribution is -2.35. The number of likely N-dealkylation sites (N-methyl/N-ethyl adjacent to an activating group) is 1. The molecule has 0 radical (unpaired) electrons. The van der Waals surface area contributed by atoms with Crippen molar-refractivity contribution in [2.75, 3.05) is 20.2 Å². The highest BCUT2D eigenvalue weighted by molar-refractivity contribution is 4.79. The summed E-state index contributed by atoms with van der Waals surface area (Å²) in [5.74, 6) is 0. The van der Waals surface area contributed by atoms with Crippen molar-refractivity contribution >= 4 is 0 Å². The van der Waals surface area contributed by atoms with Gasteiger partial charge in [-0.15, -0.1) is 0 Å². The third-order valence-electron chi connectivity index (χ3n) is 3.09. The third kappa shape index (κ3) is 2.20. The maximum absolute atomic E-state index is 5.23. The van der Waals surface area contributed by atoms with Crippen LogP contribution in [0.1, 0.15) is 32.1 Å². The minimum absolute atomic E-state index is 0.567. The molecule has 0 aromatic heterocycles. The maximum atomic E-state index is 5.23. The minimum atomic E-state index is 0.567. The van der Waals surface area contributed by atoms with Crippen molar-refractivity contribution in [1.29, 1.82) is 0 Å². The van der Waals surface area contributed by atoms with Crippen LogP contribution in [-0.4, -0.2) is 37.2 Å². The summed E-state index contributed by atoms with van der Waals surface area (Å²) < 4.78 is 5.23. The second kappa shape index (κ2) is 3.75. The predicted molar refractivity (Wildman–Crippen MR) is 49.2 cm³/mol. The van der Waals surface area contributed by atoms with E-state index in [1.807, 2.05) is 0 Å². The van der Waals surface area contributed by atoms with E-state index in [0.29, 0.717) is 6.10 Å². The van der Waals surface area contributed by atoms with E-state index in [2.05, 4.69) is 11.9 Å². The van der Waals surface area contributed by atoms with Gasteiger partial charge in [0.2, 0.25) is 0 Å². The molecule has 1 atom stereocenters. The second-order valence-corrected chi connectivity index (χ2v) is 4.19. The Labute approximate surface area is 74.9 Å². The number of rotatable bonds is 3. The van der Waals surface area contributed by atoms with Crippen molar-refractivity contribution in [3.8, 4) is 0 Å². The summed E-state index contributed by atoms with van der Waals surface area (Å²) in [6, 6.07) is 0.850. The van der Waals surface area contributed by atoms with Crippen LogP contribution in [0.4, 0.5) is 0 Å². The van der Waals surface area contributed by atoms with E-state index >= 15 is 0 Å². The highest BCUT2D eigenvalue weighted by Gasteiger charge is 2.27.